The number of carbonyl (C=O) groups excluding carboxylic acids is 3. The molecule has 0 saturated heterocycles. The first-order chi connectivity index (χ1) is 12.7. The highest BCUT2D eigenvalue weighted by atomic mass is 35.5. The third-order valence-corrected chi connectivity index (χ3v) is 4.30. The van der Waals surface area contributed by atoms with Crippen LogP contribution in [0.2, 0.25) is 5.02 Å². The lowest BCUT2D eigenvalue weighted by atomic mass is 9.93. The van der Waals surface area contributed by atoms with E-state index in [2.05, 4.69) is 10.6 Å². The van der Waals surface area contributed by atoms with Gasteiger partial charge in [-0.1, -0.05) is 11.6 Å². The summed E-state index contributed by atoms with van der Waals surface area (Å²) in [5.74, 6) is -0.307. The SMILES string of the molecule is CC1(C)CC(=O)c2cc(NC(=O)CNC(=O)c3ccc(Cl)cc3)ccc2O1. The number of benzene rings is 2. The van der Waals surface area contributed by atoms with Crippen molar-refractivity contribution >= 4 is 34.9 Å². The van der Waals surface area contributed by atoms with Gasteiger partial charge in [0, 0.05) is 16.3 Å². The van der Waals surface area contributed by atoms with Crippen LogP contribution in [0.4, 0.5) is 5.69 Å². The third-order valence-electron chi connectivity index (χ3n) is 4.05. The molecule has 2 aromatic carbocycles. The lowest BCUT2D eigenvalue weighted by Gasteiger charge is -2.31. The van der Waals surface area contributed by atoms with E-state index in [0.717, 1.165) is 0 Å². The van der Waals surface area contributed by atoms with Crippen LogP contribution < -0.4 is 15.4 Å². The normalized spacial score (nSPS) is 14.7. The van der Waals surface area contributed by atoms with Crippen LogP contribution in [0, 0.1) is 0 Å². The minimum absolute atomic E-state index is 0.0339. The van der Waals surface area contributed by atoms with Crippen molar-refractivity contribution in [2.45, 2.75) is 25.9 Å². The zero-order valence-corrected chi connectivity index (χ0v) is 15.7. The predicted octanol–water partition coefficient (Wildman–Crippen LogP) is 3.45. The number of anilines is 1. The van der Waals surface area contributed by atoms with E-state index >= 15 is 0 Å². The summed E-state index contributed by atoms with van der Waals surface area (Å²) in [6, 6.07) is 11.3. The molecule has 0 unspecified atom stereocenters. The standard InChI is InChI=1S/C20H19ClN2O4/c1-20(2)10-16(24)15-9-14(7-8-17(15)27-20)23-18(25)11-22-19(26)12-3-5-13(21)6-4-12/h3-9H,10-11H2,1-2H3,(H,22,26)(H,23,25). The van der Waals surface area contributed by atoms with Gasteiger partial charge in [-0.15, -0.1) is 0 Å². The average Bonchev–Trinajstić information content (AvgIpc) is 2.60. The molecule has 0 aromatic heterocycles. The summed E-state index contributed by atoms with van der Waals surface area (Å²) in [7, 11) is 0. The number of hydrogen-bond acceptors (Lipinski definition) is 4. The van der Waals surface area contributed by atoms with Crippen LogP contribution in [-0.4, -0.2) is 29.7 Å². The van der Waals surface area contributed by atoms with Crippen molar-refractivity contribution in [3.05, 3.63) is 58.6 Å². The van der Waals surface area contributed by atoms with E-state index in [4.69, 9.17) is 16.3 Å². The second-order valence-electron chi connectivity index (χ2n) is 6.91. The van der Waals surface area contributed by atoms with Crippen LogP contribution in [-0.2, 0) is 4.79 Å². The quantitative estimate of drug-likeness (QED) is 0.842. The van der Waals surface area contributed by atoms with Gasteiger partial charge in [-0.3, -0.25) is 14.4 Å². The van der Waals surface area contributed by atoms with Gasteiger partial charge in [0.2, 0.25) is 5.91 Å². The van der Waals surface area contributed by atoms with Gasteiger partial charge in [0.1, 0.15) is 11.4 Å². The van der Waals surface area contributed by atoms with Crippen molar-refractivity contribution in [3.63, 3.8) is 0 Å². The Morgan fingerprint density at radius 1 is 1.15 bits per heavy atom. The van der Waals surface area contributed by atoms with Crippen LogP contribution in [0.25, 0.3) is 0 Å². The van der Waals surface area contributed by atoms with Crippen molar-refractivity contribution < 1.29 is 19.1 Å². The summed E-state index contributed by atoms with van der Waals surface area (Å²) in [6.45, 7) is 3.51. The first kappa shape index (κ1) is 18.9. The largest absolute Gasteiger partial charge is 0.487 e. The summed E-state index contributed by atoms with van der Waals surface area (Å²) in [4.78, 5) is 36.4. The number of Topliss-reactive ketones (excluding diaryl/α,β-unsaturated/α-hetero) is 1. The molecule has 0 spiro atoms. The third kappa shape index (κ3) is 4.65. The zero-order valence-electron chi connectivity index (χ0n) is 15.0. The molecule has 2 amide bonds. The molecule has 7 heteroatoms. The van der Waals surface area contributed by atoms with E-state index < -0.39 is 11.5 Å². The Kier molecular flexibility index (Phi) is 5.19. The Hall–Kier alpha value is -2.86. The Balaban J connectivity index is 1.60. The molecular weight excluding hydrogens is 368 g/mol. The molecule has 2 N–H and O–H groups in total. The topological polar surface area (TPSA) is 84.5 Å². The van der Waals surface area contributed by atoms with Crippen molar-refractivity contribution in [1.29, 1.82) is 0 Å². The molecular formula is C20H19ClN2O4. The van der Waals surface area contributed by atoms with Gasteiger partial charge in [0.05, 0.1) is 18.5 Å². The number of carbonyl (C=O) groups is 3. The molecule has 2 aromatic rings. The van der Waals surface area contributed by atoms with E-state index in [1.165, 1.54) is 0 Å². The Bertz CT molecular complexity index is 907. The maximum atomic E-state index is 12.3. The van der Waals surface area contributed by atoms with Crippen molar-refractivity contribution in [3.8, 4) is 5.75 Å². The van der Waals surface area contributed by atoms with Crippen LogP contribution >= 0.6 is 11.6 Å². The van der Waals surface area contributed by atoms with Gasteiger partial charge in [-0.05, 0) is 56.3 Å². The summed E-state index contributed by atoms with van der Waals surface area (Å²) < 4.78 is 5.79. The summed E-state index contributed by atoms with van der Waals surface area (Å²) in [5, 5.41) is 5.73. The predicted molar refractivity (Wildman–Crippen MR) is 103 cm³/mol. The van der Waals surface area contributed by atoms with Gasteiger partial charge < -0.3 is 15.4 Å². The number of ketones is 1. The van der Waals surface area contributed by atoms with Crippen molar-refractivity contribution in [1.82, 2.24) is 5.32 Å². The average molecular weight is 387 g/mol. The molecule has 0 saturated carbocycles. The number of amides is 2. The van der Waals surface area contributed by atoms with Gasteiger partial charge in [-0.25, -0.2) is 0 Å². The Morgan fingerprint density at radius 3 is 2.56 bits per heavy atom. The number of hydrogen-bond donors (Lipinski definition) is 2. The number of rotatable bonds is 4. The molecule has 3 rings (SSSR count). The fraction of sp³-hybridized carbons (Fsp3) is 0.250. The lowest BCUT2D eigenvalue weighted by molar-refractivity contribution is -0.115. The van der Waals surface area contributed by atoms with Crippen LogP contribution in [0.15, 0.2) is 42.5 Å². The highest BCUT2D eigenvalue weighted by molar-refractivity contribution is 6.30. The van der Waals surface area contributed by atoms with E-state index in [-0.39, 0.29) is 24.7 Å². The second-order valence-corrected chi connectivity index (χ2v) is 7.35. The lowest BCUT2D eigenvalue weighted by Crippen LogP contribution is -2.36. The van der Waals surface area contributed by atoms with Crippen LogP contribution in [0.3, 0.4) is 0 Å². The zero-order chi connectivity index (χ0) is 19.6. The molecule has 0 atom stereocenters. The number of ether oxygens (including phenoxy) is 1. The fourth-order valence-corrected chi connectivity index (χ4v) is 2.93. The molecule has 1 heterocycles. The first-order valence-electron chi connectivity index (χ1n) is 8.43. The van der Waals surface area contributed by atoms with Gasteiger partial charge >= 0.3 is 0 Å². The van der Waals surface area contributed by atoms with Crippen LogP contribution in [0.5, 0.6) is 5.75 Å². The van der Waals surface area contributed by atoms with Gasteiger partial charge in [-0.2, -0.15) is 0 Å². The van der Waals surface area contributed by atoms with Gasteiger partial charge in [0.15, 0.2) is 5.78 Å². The molecule has 0 fully saturated rings. The minimum atomic E-state index is -0.541. The molecule has 1 aliphatic heterocycles. The highest BCUT2D eigenvalue weighted by Crippen LogP contribution is 2.34. The molecule has 1 aliphatic rings. The second kappa shape index (κ2) is 7.40. The number of nitrogens with one attached hydrogen (secondary N) is 2. The van der Waals surface area contributed by atoms with E-state index in [1.54, 1.807) is 42.5 Å². The maximum Gasteiger partial charge on any atom is 0.251 e. The highest BCUT2D eigenvalue weighted by Gasteiger charge is 2.32. The molecule has 0 radical (unpaired) electrons. The molecule has 140 valence electrons. The van der Waals surface area contributed by atoms with Gasteiger partial charge in [0.25, 0.3) is 5.91 Å². The maximum absolute atomic E-state index is 12.3. The number of fused-ring (bicyclic) bond motifs is 1. The molecule has 27 heavy (non-hydrogen) atoms. The molecule has 0 bridgehead atoms. The number of halogens is 1. The fourth-order valence-electron chi connectivity index (χ4n) is 2.80. The molecule has 0 aliphatic carbocycles. The van der Waals surface area contributed by atoms with E-state index in [1.807, 2.05) is 13.8 Å². The smallest absolute Gasteiger partial charge is 0.251 e. The van der Waals surface area contributed by atoms with Crippen molar-refractivity contribution in [2.24, 2.45) is 0 Å². The summed E-state index contributed by atoms with van der Waals surface area (Å²) in [5.41, 5.74) is 0.778. The minimum Gasteiger partial charge on any atom is -0.487 e. The monoisotopic (exact) mass is 386 g/mol. The Morgan fingerprint density at radius 2 is 1.85 bits per heavy atom. The van der Waals surface area contributed by atoms with Crippen molar-refractivity contribution in [2.75, 3.05) is 11.9 Å². The summed E-state index contributed by atoms with van der Waals surface area (Å²) in [6.07, 6.45) is 0.272. The van der Waals surface area contributed by atoms with E-state index in [0.29, 0.717) is 27.6 Å². The molecule has 6 nitrogen and oxygen atoms in total. The Labute approximate surface area is 161 Å². The first-order valence-corrected chi connectivity index (χ1v) is 8.81. The van der Waals surface area contributed by atoms with Crippen LogP contribution in [0.1, 0.15) is 41.0 Å². The summed E-state index contributed by atoms with van der Waals surface area (Å²) >= 11 is 5.78. The van der Waals surface area contributed by atoms with E-state index in [9.17, 15) is 14.4 Å².